The highest BCUT2D eigenvalue weighted by molar-refractivity contribution is 5.78. The van der Waals surface area contributed by atoms with Crippen LogP contribution in [-0.2, 0) is 19.6 Å². The minimum atomic E-state index is 0.260. The van der Waals surface area contributed by atoms with Crippen molar-refractivity contribution in [3.8, 4) is 0 Å². The first kappa shape index (κ1) is 19.3. The van der Waals surface area contributed by atoms with E-state index in [-0.39, 0.29) is 5.56 Å². The number of aromatic nitrogens is 3. The Balaban J connectivity index is 1.20. The van der Waals surface area contributed by atoms with Crippen molar-refractivity contribution in [1.82, 2.24) is 24.6 Å². The molecule has 6 heteroatoms. The number of likely N-dealkylation sites (tertiary alicyclic amines) is 2. The maximum Gasteiger partial charge on any atom is 0.255 e. The van der Waals surface area contributed by atoms with E-state index < -0.39 is 0 Å². The first-order valence-corrected chi connectivity index (χ1v) is 11.8. The van der Waals surface area contributed by atoms with E-state index in [1.807, 2.05) is 6.20 Å². The molecule has 3 aromatic rings. The molecule has 0 radical (unpaired) electrons. The molecule has 2 bridgehead atoms. The maximum atomic E-state index is 13.3. The number of benzene rings is 1. The van der Waals surface area contributed by atoms with Crippen molar-refractivity contribution < 1.29 is 0 Å². The second-order valence-electron chi connectivity index (χ2n) is 9.82. The van der Waals surface area contributed by atoms with Gasteiger partial charge in [0.1, 0.15) is 0 Å². The molecule has 1 N–H and O–H groups in total. The molecule has 0 saturated carbocycles. The van der Waals surface area contributed by atoms with E-state index >= 15 is 0 Å². The molecule has 162 valence electrons. The second kappa shape index (κ2) is 7.92. The van der Waals surface area contributed by atoms with Crippen LogP contribution in [0, 0.1) is 5.92 Å². The molecule has 1 aromatic carbocycles. The van der Waals surface area contributed by atoms with Gasteiger partial charge in [-0.15, -0.1) is 0 Å². The molecule has 2 saturated heterocycles. The Labute approximate surface area is 182 Å². The van der Waals surface area contributed by atoms with Crippen LogP contribution < -0.4 is 5.56 Å². The van der Waals surface area contributed by atoms with E-state index in [0.717, 1.165) is 62.3 Å². The normalized spacial score (nSPS) is 24.4. The fourth-order valence-electron chi connectivity index (χ4n) is 6.04. The minimum absolute atomic E-state index is 0.260. The van der Waals surface area contributed by atoms with Crippen LogP contribution in [-0.4, -0.2) is 50.7 Å². The van der Waals surface area contributed by atoms with Gasteiger partial charge < -0.3 is 4.57 Å². The van der Waals surface area contributed by atoms with Crippen molar-refractivity contribution >= 4 is 10.9 Å². The minimum Gasteiger partial charge on any atom is -0.312 e. The summed E-state index contributed by atoms with van der Waals surface area (Å²) in [5.74, 6) is 1.02. The highest BCUT2D eigenvalue weighted by Crippen LogP contribution is 2.36. The first-order chi connectivity index (χ1) is 15.2. The highest BCUT2D eigenvalue weighted by Gasteiger charge is 2.35. The van der Waals surface area contributed by atoms with Crippen LogP contribution in [0.2, 0.25) is 0 Å². The third-order valence-electron chi connectivity index (χ3n) is 7.51. The smallest absolute Gasteiger partial charge is 0.255 e. The van der Waals surface area contributed by atoms with E-state index in [9.17, 15) is 4.79 Å². The molecular weight excluding hydrogens is 386 g/mol. The highest BCUT2D eigenvalue weighted by atomic mass is 16.1. The summed E-state index contributed by atoms with van der Waals surface area (Å²) < 4.78 is 2.12. The third kappa shape index (κ3) is 3.72. The van der Waals surface area contributed by atoms with Gasteiger partial charge in [-0.05, 0) is 56.0 Å². The first-order valence-electron chi connectivity index (χ1n) is 11.8. The number of rotatable bonds is 4. The molecular formula is C25H31N5O. The molecule has 0 amide bonds. The Morgan fingerprint density at radius 2 is 1.87 bits per heavy atom. The summed E-state index contributed by atoms with van der Waals surface area (Å²) in [6.07, 6.45) is 6.94. The van der Waals surface area contributed by atoms with E-state index in [4.69, 9.17) is 0 Å². The Hall–Kier alpha value is -2.44. The number of hydrogen-bond acceptors (Lipinski definition) is 4. The molecule has 5 heterocycles. The van der Waals surface area contributed by atoms with E-state index in [2.05, 4.69) is 54.9 Å². The summed E-state index contributed by atoms with van der Waals surface area (Å²) in [7, 11) is 0. The fraction of sp³-hybridized carbons (Fsp3) is 0.520. The maximum absolute atomic E-state index is 13.3. The Kier molecular flexibility index (Phi) is 4.92. The molecule has 3 aliphatic rings. The molecule has 2 fully saturated rings. The number of H-pyrrole nitrogens is 1. The van der Waals surface area contributed by atoms with Crippen molar-refractivity contribution in [3.05, 3.63) is 63.7 Å². The summed E-state index contributed by atoms with van der Waals surface area (Å²) in [5.41, 5.74) is 4.92. The molecule has 0 aliphatic carbocycles. The monoisotopic (exact) mass is 417 g/mol. The number of nitrogens with zero attached hydrogens (tertiary/aromatic N) is 4. The zero-order valence-electron chi connectivity index (χ0n) is 18.1. The zero-order valence-corrected chi connectivity index (χ0v) is 18.1. The van der Waals surface area contributed by atoms with Gasteiger partial charge in [-0.2, -0.15) is 5.10 Å². The van der Waals surface area contributed by atoms with Gasteiger partial charge in [0.25, 0.3) is 5.56 Å². The summed E-state index contributed by atoms with van der Waals surface area (Å²) in [5, 5.41) is 8.38. The van der Waals surface area contributed by atoms with E-state index in [1.54, 1.807) is 0 Å². The van der Waals surface area contributed by atoms with Crippen LogP contribution in [0.5, 0.6) is 0 Å². The fourth-order valence-corrected chi connectivity index (χ4v) is 6.04. The summed E-state index contributed by atoms with van der Waals surface area (Å²) in [6, 6.07) is 11.0. The largest absolute Gasteiger partial charge is 0.312 e. The van der Waals surface area contributed by atoms with Crippen LogP contribution in [0.25, 0.3) is 10.9 Å². The van der Waals surface area contributed by atoms with Crippen LogP contribution in [0.1, 0.15) is 48.4 Å². The Bertz CT molecular complexity index is 1140. The van der Waals surface area contributed by atoms with Crippen molar-refractivity contribution in [2.24, 2.45) is 5.92 Å². The van der Waals surface area contributed by atoms with E-state index in [1.165, 1.54) is 36.9 Å². The SMILES string of the molecule is O=c1c(CN2CCCCC2)ccc2n1C[C@H]1C[C@@H]2CN(Cc2ccc3cn[nH]c3c2)C1. The summed E-state index contributed by atoms with van der Waals surface area (Å²) in [4.78, 5) is 18.3. The number of piperidine rings is 2. The molecule has 31 heavy (non-hydrogen) atoms. The third-order valence-corrected chi connectivity index (χ3v) is 7.51. The molecule has 2 aromatic heterocycles. The quantitative estimate of drug-likeness (QED) is 0.708. The number of nitrogens with one attached hydrogen (secondary N) is 1. The number of hydrogen-bond donors (Lipinski definition) is 1. The van der Waals surface area contributed by atoms with Gasteiger partial charge in [0.2, 0.25) is 0 Å². The van der Waals surface area contributed by atoms with Crippen molar-refractivity contribution in [1.29, 1.82) is 0 Å². The van der Waals surface area contributed by atoms with Crippen LogP contribution in [0.3, 0.4) is 0 Å². The molecule has 6 nitrogen and oxygen atoms in total. The average Bonchev–Trinajstić information content (AvgIpc) is 3.25. The molecule has 0 spiro atoms. The van der Waals surface area contributed by atoms with Gasteiger partial charge in [0.15, 0.2) is 0 Å². The van der Waals surface area contributed by atoms with Gasteiger partial charge in [-0.3, -0.25) is 19.7 Å². The van der Waals surface area contributed by atoms with Crippen LogP contribution in [0.15, 0.2) is 41.3 Å². The lowest BCUT2D eigenvalue weighted by Gasteiger charge is -2.43. The van der Waals surface area contributed by atoms with Gasteiger partial charge in [-0.25, -0.2) is 0 Å². The van der Waals surface area contributed by atoms with Gasteiger partial charge in [0, 0.05) is 55.3 Å². The van der Waals surface area contributed by atoms with Crippen molar-refractivity contribution in [3.63, 3.8) is 0 Å². The Morgan fingerprint density at radius 1 is 0.968 bits per heavy atom. The molecule has 3 aliphatic heterocycles. The van der Waals surface area contributed by atoms with Gasteiger partial charge in [0.05, 0.1) is 11.7 Å². The topological polar surface area (TPSA) is 57.2 Å². The van der Waals surface area contributed by atoms with Gasteiger partial charge in [-0.1, -0.05) is 24.6 Å². The molecule has 6 rings (SSSR count). The zero-order chi connectivity index (χ0) is 20.8. The predicted molar refractivity (Wildman–Crippen MR) is 122 cm³/mol. The second-order valence-corrected chi connectivity index (χ2v) is 9.82. The molecule has 2 atom stereocenters. The van der Waals surface area contributed by atoms with Crippen LogP contribution >= 0.6 is 0 Å². The van der Waals surface area contributed by atoms with E-state index in [0.29, 0.717) is 11.8 Å². The standard InChI is InChI=1S/C25H31N5O/c31-25-21(16-28-8-2-1-3-9-28)6-7-24-22-10-19(15-30(24)25)14-29(17-22)13-18-4-5-20-12-26-27-23(20)11-18/h4-7,11-12,19,22H,1-3,8-10,13-17H2,(H,26,27)/t19-,22+/m0/s1. The van der Waals surface area contributed by atoms with Crippen LogP contribution in [0.4, 0.5) is 0 Å². The number of fused-ring (bicyclic) bond motifs is 5. The lowest BCUT2D eigenvalue weighted by molar-refractivity contribution is 0.114. The lowest BCUT2D eigenvalue weighted by atomic mass is 9.82. The number of pyridine rings is 1. The average molecular weight is 418 g/mol. The lowest BCUT2D eigenvalue weighted by Crippen LogP contribution is -2.47. The van der Waals surface area contributed by atoms with Gasteiger partial charge >= 0.3 is 0 Å². The molecule has 0 unspecified atom stereocenters. The summed E-state index contributed by atoms with van der Waals surface area (Å²) >= 11 is 0. The Morgan fingerprint density at radius 3 is 2.77 bits per heavy atom. The summed E-state index contributed by atoms with van der Waals surface area (Å²) in [6.45, 7) is 7.00. The number of aromatic amines is 1. The van der Waals surface area contributed by atoms with Crippen molar-refractivity contribution in [2.45, 2.75) is 51.2 Å². The van der Waals surface area contributed by atoms with Crippen molar-refractivity contribution in [2.75, 3.05) is 26.2 Å². The predicted octanol–water partition coefficient (Wildman–Crippen LogP) is 3.33.